The number of likely N-dealkylation sites (N-methyl/N-ethyl adjacent to an activating group) is 1. The molecule has 0 amide bonds. The fraction of sp³-hybridized carbons (Fsp3) is 0.579. The molecule has 0 radical (unpaired) electrons. The molecule has 1 atom stereocenters. The number of carbonyl (C=O) groups excluding carboxylic acids is 2. The van der Waals surface area contributed by atoms with E-state index in [9.17, 15) is 14.7 Å². The molecule has 6 nitrogen and oxygen atoms in total. The van der Waals surface area contributed by atoms with Crippen molar-refractivity contribution in [1.29, 1.82) is 0 Å². The smallest absolute Gasteiger partial charge is 0.311 e. The fourth-order valence-electron chi connectivity index (χ4n) is 2.20. The van der Waals surface area contributed by atoms with Crippen LogP contribution < -0.4 is 14.8 Å². The van der Waals surface area contributed by atoms with Gasteiger partial charge in [-0.1, -0.05) is 32.8 Å². The van der Waals surface area contributed by atoms with Crippen LogP contribution in [0.2, 0.25) is 0 Å². The van der Waals surface area contributed by atoms with Crippen LogP contribution in [0.5, 0.6) is 11.5 Å². The van der Waals surface area contributed by atoms with E-state index in [1.165, 1.54) is 0 Å². The zero-order valence-electron chi connectivity index (χ0n) is 15.3. The summed E-state index contributed by atoms with van der Waals surface area (Å²) >= 11 is 0. The quantitative estimate of drug-likeness (QED) is 0.471. The molecule has 0 bridgehead atoms. The Morgan fingerprint density at radius 3 is 2.12 bits per heavy atom. The van der Waals surface area contributed by atoms with Crippen LogP contribution >= 0.6 is 0 Å². The molecule has 0 spiro atoms. The Kier molecular flexibility index (Phi) is 9.80. The fourth-order valence-corrected chi connectivity index (χ4v) is 2.20. The van der Waals surface area contributed by atoms with Crippen LogP contribution in [0.15, 0.2) is 18.2 Å². The summed E-state index contributed by atoms with van der Waals surface area (Å²) in [5.41, 5.74) is 0.584. The van der Waals surface area contributed by atoms with Crippen molar-refractivity contribution in [1.82, 2.24) is 5.32 Å². The summed E-state index contributed by atoms with van der Waals surface area (Å²) in [6, 6.07) is 4.77. The molecule has 0 fully saturated rings. The number of esters is 2. The van der Waals surface area contributed by atoms with Gasteiger partial charge in [0.2, 0.25) is 0 Å². The maximum absolute atomic E-state index is 12.0. The predicted molar refractivity (Wildman–Crippen MR) is 95.6 cm³/mol. The number of ether oxygens (including phenoxy) is 2. The van der Waals surface area contributed by atoms with Gasteiger partial charge >= 0.3 is 11.9 Å². The minimum Gasteiger partial charge on any atom is -0.423 e. The van der Waals surface area contributed by atoms with E-state index in [-0.39, 0.29) is 23.4 Å². The lowest BCUT2D eigenvalue weighted by Crippen LogP contribution is -2.17. The van der Waals surface area contributed by atoms with Gasteiger partial charge in [0.25, 0.3) is 0 Å². The highest BCUT2D eigenvalue weighted by Gasteiger charge is 2.17. The SMILES string of the molecule is CCCCC(=O)Oc1ccc(C(O)CNC)cc1OC(=O)CCCC. The van der Waals surface area contributed by atoms with Gasteiger partial charge < -0.3 is 19.9 Å². The molecule has 0 heterocycles. The molecule has 140 valence electrons. The van der Waals surface area contributed by atoms with Gasteiger partial charge in [0.15, 0.2) is 11.5 Å². The first-order valence-corrected chi connectivity index (χ1v) is 8.89. The first-order chi connectivity index (χ1) is 12.0. The van der Waals surface area contributed by atoms with Gasteiger partial charge in [-0.05, 0) is 37.6 Å². The van der Waals surface area contributed by atoms with Crippen LogP contribution in [0, 0.1) is 0 Å². The summed E-state index contributed by atoms with van der Waals surface area (Å²) in [6.07, 6.45) is 3.10. The van der Waals surface area contributed by atoms with Crippen LogP contribution in [0.4, 0.5) is 0 Å². The maximum Gasteiger partial charge on any atom is 0.311 e. The van der Waals surface area contributed by atoms with Gasteiger partial charge in [-0.25, -0.2) is 0 Å². The molecule has 0 aliphatic heterocycles. The van der Waals surface area contributed by atoms with Gasteiger partial charge in [-0.2, -0.15) is 0 Å². The Labute approximate surface area is 149 Å². The number of benzene rings is 1. The lowest BCUT2D eigenvalue weighted by atomic mass is 10.1. The van der Waals surface area contributed by atoms with Gasteiger partial charge in [0, 0.05) is 19.4 Å². The van der Waals surface area contributed by atoms with Crippen molar-refractivity contribution in [2.45, 2.75) is 58.5 Å². The zero-order valence-corrected chi connectivity index (χ0v) is 15.3. The van der Waals surface area contributed by atoms with Gasteiger partial charge in [-0.15, -0.1) is 0 Å². The van der Waals surface area contributed by atoms with E-state index >= 15 is 0 Å². The standard InChI is InChI=1S/C19H29NO5/c1-4-6-8-18(22)24-16-11-10-14(15(21)13-20-3)12-17(16)25-19(23)9-7-5-2/h10-12,15,20-21H,4-9,13H2,1-3H3. The van der Waals surface area contributed by atoms with E-state index in [4.69, 9.17) is 9.47 Å². The Morgan fingerprint density at radius 2 is 1.60 bits per heavy atom. The van der Waals surface area contributed by atoms with Crippen molar-refractivity contribution in [2.75, 3.05) is 13.6 Å². The molecular formula is C19H29NO5. The topological polar surface area (TPSA) is 84.9 Å². The summed E-state index contributed by atoms with van der Waals surface area (Å²) in [5, 5.41) is 13.0. The zero-order chi connectivity index (χ0) is 18.7. The maximum atomic E-state index is 12.0. The van der Waals surface area contributed by atoms with E-state index in [2.05, 4.69) is 5.32 Å². The molecule has 25 heavy (non-hydrogen) atoms. The highest BCUT2D eigenvalue weighted by Crippen LogP contribution is 2.31. The molecule has 0 aliphatic rings. The number of rotatable bonds is 11. The van der Waals surface area contributed by atoms with Crippen molar-refractivity contribution in [3.63, 3.8) is 0 Å². The molecule has 0 aromatic heterocycles. The van der Waals surface area contributed by atoms with Gasteiger partial charge in [-0.3, -0.25) is 9.59 Å². The number of aliphatic hydroxyl groups is 1. The molecule has 1 aromatic rings. The predicted octanol–water partition coefficient (Wildman–Crippen LogP) is 3.13. The Bertz CT molecular complexity index is 559. The molecule has 1 rings (SSSR count). The van der Waals surface area contributed by atoms with Crippen molar-refractivity contribution >= 4 is 11.9 Å². The van der Waals surface area contributed by atoms with Gasteiger partial charge in [0.05, 0.1) is 6.10 Å². The number of unbranched alkanes of at least 4 members (excludes halogenated alkanes) is 2. The normalized spacial score (nSPS) is 11.8. The summed E-state index contributed by atoms with van der Waals surface area (Å²) in [6.45, 7) is 4.34. The number of hydrogen-bond acceptors (Lipinski definition) is 6. The van der Waals surface area contributed by atoms with Crippen molar-refractivity contribution in [3.8, 4) is 11.5 Å². The van der Waals surface area contributed by atoms with E-state index in [1.54, 1.807) is 25.2 Å². The Morgan fingerprint density at radius 1 is 1.04 bits per heavy atom. The summed E-state index contributed by atoms with van der Waals surface area (Å²) < 4.78 is 10.7. The number of nitrogens with one attached hydrogen (secondary N) is 1. The average molecular weight is 351 g/mol. The average Bonchev–Trinajstić information content (AvgIpc) is 2.59. The molecular weight excluding hydrogens is 322 g/mol. The van der Waals surface area contributed by atoms with Crippen LogP contribution in [0.25, 0.3) is 0 Å². The Hall–Kier alpha value is -1.92. The first-order valence-electron chi connectivity index (χ1n) is 8.89. The van der Waals surface area contributed by atoms with Crippen molar-refractivity contribution in [2.24, 2.45) is 0 Å². The van der Waals surface area contributed by atoms with Crippen LogP contribution in [-0.4, -0.2) is 30.6 Å². The van der Waals surface area contributed by atoms with E-state index < -0.39 is 6.10 Å². The van der Waals surface area contributed by atoms with E-state index in [0.717, 1.165) is 25.7 Å². The summed E-state index contributed by atoms with van der Waals surface area (Å²) in [5.74, 6) is -0.380. The third-order valence-corrected chi connectivity index (χ3v) is 3.67. The minimum absolute atomic E-state index is 0.165. The van der Waals surface area contributed by atoms with Crippen molar-refractivity contribution < 1.29 is 24.2 Å². The largest absolute Gasteiger partial charge is 0.423 e. The highest BCUT2D eigenvalue weighted by molar-refractivity contribution is 5.76. The lowest BCUT2D eigenvalue weighted by Gasteiger charge is -2.15. The van der Waals surface area contributed by atoms with Crippen LogP contribution in [-0.2, 0) is 9.59 Å². The van der Waals surface area contributed by atoms with Gasteiger partial charge in [0.1, 0.15) is 0 Å². The monoisotopic (exact) mass is 351 g/mol. The molecule has 0 saturated heterocycles. The number of carbonyl (C=O) groups is 2. The molecule has 1 aromatic carbocycles. The third kappa shape index (κ3) is 7.67. The highest BCUT2D eigenvalue weighted by atomic mass is 16.6. The summed E-state index contributed by atoms with van der Waals surface area (Å²) in [7, 11) is 1.73. The molecule has 0 aliphatic carbocycles. The number of hydrogen-bond donors (Lipinski definition) is 2. The summed E-state index contributed by atoms with van der Waals surface area (Å²) in [4.78, 5) is 23.8. The van der Waals surface area contributed by atoms with Crippen LogP contribution in [0.1, 0.15) is 64.0 Å². The third-order valence-electron chi connectivity index (χ3n) is 3.67. The second-order valence-electron chi connectivity index (χ2n) is 5.93. The second kappa shape index (κ2) is 11.6. The van der Waals surface area contributed by atoms with Crippen LogP contribution in [0.3, 0.4) is 0 Å². The van der Waals surface area contributed by atoms with E-state index in [0.29, 0.717) is 24.9 Å². The molecule has 6 heteroatoms. The molecule has 2 N–H and O–H groups in total. The first kappa shape index (κ1) is 21.1. The van der Waals surface area contributed by atoms with Crippen molar-refractivity contribution in [3.05, 3.63) is 23.8 Å². The Balaban J connectivity index is 2.96. The van der Waals surface area contributed by atoms with E-state index in [1.807, 2.05) is 13.8 Å². The number of aliphatic hydroxyl groups excluding tert-OH is 1. The lowest BCUT2D eigenvalue weighted by molar-refractivity contribution is -0.137. The minimum atomic E-state index is -0.747. The molecule has 1 unspecified atom stereocenters. The molecule has 0 saturated carbocycles. The second-order valence-corrected chi connectivity index (χ2v) is 5.93.